The predicted molar refractivity (Wildman–Crippen MR) is 84.3 cm³/mol. The highest BCUT2D eigenvalue weighted by Gasteiger charge is 2.14. The van der Waals surface area contributed by atoms with Gasteiger partial charge in [0.1, 0.15) is 11.3 Å². The van der Waals surface area contributed by atoms with Crippen molar-refractivity contribution in [3.8, 4) is 0 Å². The smallest absolute Gasteiger partial charge is 0.135 e. The van der Waals surface area contributed by atoms with E-state index in [9.17, 15) is 0 Å². The average molecular weight is 333 g/mol. The molecular weight excluding hydrogens is 320 g/mol. The molecular formula is C16H13BrOS. The number of hydrogen-bond donors (Lipinski definition) is 0. The van der Waals surface area contributed by atoms with Crippen molar-refractivity contribution in [1.82, 2.24) is 0 Å². The molecule has 1 heterocycles. The van der Waals surface area contributed by atoms with Crippen LogP contribution in [0.1, 0.15) is 5.76 Å². The summed E-state index contributed by atoms with van der Waals surface area (Å²) in [6.45, 7) is 0. The largest absolute Gasteiger partial charge is 0.460 e. The van der Waals surface area contributed by atoms with Crippen LogP contribution in [0.3, 0.4) is 0 Å². The molecule has 1 aromatic heterocycles. The fourth-order valence-corrected chi connectivity index (χ4v) is 3.47. The maximum Gasteiger partial charge on any atom is 0.135 e. The number of fused-ring (bicyclic) bond motifs is 1. The fourth-order valence-electron chi connectivity index (χ4n) is 2.04. The van der Waals surface area contributed by atoms with Crippen molar-refractivity contribution in [3.05, 3.63) is 60.4 Å². The highest BCUT2D eigenvalue weighted by atomic mass is 79.9. The lowest BCUT2D eigenvalue weighted by molar-refractivity contribution is 0.548. The molecule has 0 aliphatic heterocycles. The molecule has 0 aliphatic carbocycles. The van der Waals surface area contributed by atoms with Crippen LogP contribution in [0.15, 0.2) is 68.8 Å². The Morgan fingerprint density at radius 3 is 2.47 bits per heavy atom. The Kier molecular flexibility index (Phi) is 3.95. The van der Waals surface area contributed by atoms with Gasteiger partial charge in [-0.05, 0) is 24.3 Å². The highest BCUT2D eigenvalue weighted by Crippen LogP contribution is 2.38. The molecule has 0 N–H and O–H groups in total. The minimum atomic E-state index is 0.907. The average Bonchev–Trinajstić information content (AvgIpc) is 2.79. The van der Waals surface area contributed by atoms with Crippen LogP contribution in [0.5, 0.6) is 0 Å². The second-order valence-electron chi connectivity index (χ2n) is 4.20. The molecule has 3 heteroatoms. The minimum Gasteiger partial charge on any atom is -0.460 e. The molecule has 0 bridgehead atoms. The van der Waals surface area contributed by atoms with Gasteiger partial charge >= 0.3 is 0 Å². The van der Waals surface area contributed by atoms with Crippen molar-refractivity contribution < 1.29 is 4.42 Å². The van der Waals surface area contributed by atoms with Crippen LogP contribution in [0.25, 0.3) is 11.0 Å². The third kappa shape index (κ3) is 2.72. The lowest BCUT2D eigenvalue weighted by Gasteiger charge is -2.02. The molecule has 2 aromatic carbocycles. The highest BCUT2D eigenvalue weighted by molar-refractivity contribution is 9.09. The molecule has 0 fully saturated rings. The van der Waals surface area contributed by atoms with Crippen molar-refractivity contribution in [2.45, 2.75) is 16.2 Å². The van der Waals surface area contributed by atoms with Gasteiger partial charge in [-0.25, -0.2) is 0 Å². The van der Waals surface area contributed by atoms with Crippen molar-refractivity contribution in [3.63, 3.8) is 0 Å². The Balaban J connectivity index is 2.07. The Labute approximate surface area is 125 Å². The number of furan rings is 1. The molecule has 0 saturated heterocycles. The lowest BCUT2D eigenvalue weighted by Crippen LogP contribution is -1.84. The summed E-state index contributed by atoms with van der Waals surface area (Å²) in [6.07, 6.45) is 0.907. The molecule has 3 rings (SSSR count). The maximum absolute atomic E-state index is 5.96. The van der Waals surface area contributed by atoms with Gasteiger partial charge in [0, 0.05) is 22.0 Å². The van der Waals surface area contributed by atoms with E-state index in [1.165, 1.54) is 15.2 Å². The second-order valence-corrected chi connectivity index (χ2v) is 6.08. The van der Waals surface area contributed by atoms with Crippen LogP contribution < -0.4 is 0 Å². The fraction of sp³-hybridized carbons (Fsp3) is 0.125. The molecule has 0 unspecified atom stereocenters. The summed E-state index contributed by atoms with van der Waals surface area (Å²) >= 11 is 5.27. The van der Waals surface area contributed by atoms with E-state index in [0.717, 1.165) is 23.1 Å². The number of hydrogen-bond acceptors (Lipinski definition) is 2. The summed E-state index contributed by atoms with van der Waals surface area (Å²) in [5, 5.41) is 2.11. The molecule has 0 radical (unpaired) electrons. The summed E-state index contributed by atoms with van der Waals surface area (Å²) in [5.41, 5.74) is 0.969. The van der Waals surface area contributed by atoms with Gasteiger partial charge in [0.25, 0.3) is 0 Å². The Morgan fingerprint density at radius 1 is 0.947 bits per heavy atom. The van der Waals surface area contributed by atoms with Gasteiger partial charge in [-0.2, -0.15) is 0 Å². The van der Waals surface area contributed by atoms with E-state index in [1.807, 2.05) is 18.2 Å². The van der Waals surface area contributed by atoms with Gasteiger partial charge in [0.15, 0.2) is 0 Å². The molecule has 0 atom stereocenters. The van der Waals surface area contributed by atoms with E-state index < -0.39 is 0 Å². The monoisotopic (exact) mass is 332 g/mol. The van der Waals surface area contributed by atoms with E-state index in [2.05, 4.69) is 52.3 Å². The first-order chi connectivity index (χ1) is 9.38. The van der Waals surface area contributed by atoms with Gasteiger partial charge in [-0.1, -0.05) is 58.0 Å². The zero-order chi connectivity index (χ0) is 13.1. The Hall–Kier alpha value is -1.19. The predicted octanol–water partition coefficient (Wildman–Crippen LogP) is 5.52. The molecule has 19 heavy (non-hydrogen) atoms. The first kappa shape index (κ1) is 12.8. The molecule has 3 aromatic rings. The zero-order valence-corrected chi connectivity index (χ0v) is 12.7. The van der Waals surface area contributed by atoms with E-state index in [1.54, 1.807) is 11.8 Å². The zero-order valence-electron chi connectivity index (χ0n) is 10.3. The molecule has 96 valence electrons. The van der Waals surface area contributed by atoms with Crippen LogP contribution in [0.2, 0.25) is 0 Å². The van der Waals surface area contributed by atoms with Crippen LogP contribution in [0.4, 0.5) is 0 Å². The van der Waals surface area contributed by atoms with E-state index in [-0.39, 0.29) is 0 Å². The summed E-state index contributed by atoms with van der Waals surface area (Å²) < 4.78 is 5.96. The normalized spacial score (nSPS) is 11.0. The van der Waals surface area contributed by atoms with Crippen molar-refractivity contribution in [2.75, 3.05) is 5.33 Å². The number of para-hydroxylation sites is 1. The van der Waals surface area contributed by atoms with Gasteiger partial charge in [-0.3, -0.25) is 0 Å². The second kappa shape index (κ2) is 5.85. The van der Waals surface area contributed by atoms with Crippen molar-refractivity contribution in [1.29, 1.82) is 0 Å². The molecule has 0 amide bonds. The van der Waals surface area contributed by atoms with Crippen molar-refractivity contribution in [2.24, 2.45) is 0 Å². The van der Waals surface area contributed by atoms with Gasteiger partial charge < -0.3 is 4.42 Å². The van der Waals surface area contributed by atoms with Gasteiger partial charge in [0.2, 0.25) is 0 Å². The van der Waals surface area contributed by atoms with Crippen molar-refractivity contribution >= 4 is 38.7 Å². The van der Waals surface area contributed by atoms with E-state index >= 15 is 0 Å². The third-order valence-electron chi connectivity index (χ3n) is 2.90. The first-order valence-corrected chi connectivity index (χ1v) is 8.11. The molecule has 0 saturated carbocycles. The number of benzene rings is 2. The lowest BCUT2D eigenvalue weighted by atomic mass is 10.2. The number of halogens is 1. The summed E-state index contributed by atoms with van der Waals surface area (Å²) in [6, 6.07) is 18.7. The van der Waals surface area contributed by atoms with Crippen LogP contribution >= 0.6 is 27.7 Å². The molecule has 0 spiro atoms. The van der Waals surface area contributed by atoms with Gasteiger partial charge in [-0.15, -0.1) is 0 Å². The SMILES string of the molecule is BrCCc1oc2ccccc2c1Sc1ccccc1. The Morgan fingerprint density at radius 2 is 1.68 bits per heavy atom. The first-order valence-electron chi connectivity index (χ1n) is 6.18. The minimum absolute atomic E-state index is 0.907. The third-order valence-corrected chi connectivity index (χ3v) is 4.46. The molecule has 1 nitrogen and oxygen atoms in total. The van der Waals surface area contributed by atoms with Crippen LogP contribution in [-0.2, 0) is 6.42 Å². The molecule has 0 aliphatic rings. The number of aryl methyl sites for hydroxylation is 1. The number of alkyl halides is 1. The van der Waals surface area contributed by atoms with Crippen LogP contribution in [0, 0.1) is 0 Å². The van der Waals surface area contributed by atoms with Gasteiger partial charge in [0.05, 0.1) is 4.90 Å². The Bertz CT molecular complexity index is 676. The standard InChI is InChI=1S/C16H13BrOS/c17-11-10-15-16(19-12-6-2-1-3-7-12)13-8-4-5-9-14(13)18-15/h1-9H,10-11H2. The summed E-state index contributed by atoms with van der Waals surface area (Å²) in [4.78, 5) is 2.48. The number of rotatable bonds is 4. The topological polar surface area (TPSA) is 13.1 Å². The summed E-state index contributed by atoms with van der Waals surface area (Å²) in [5.74, 6) is 1.06. The van der Waals surface area contributed by atoms with E-state index in [4.69, 9.17) is 4.42 Å². The quantitative estimate of drug-likeness (QED) is 0.583. The van der Waals surface area contributed by atoms with E-state index in [0.29, 0.717) is 0 Å². The summed E-state index contributed by atoms with van der Waals surface area (Å²) in [7, 11) is 0. The maximum atomic E-state index is 5.96. The van der Waals surface area contributed by atoms with Crippen LogP contribution in [-0.4, -0.2) is 5.33 Å².